The molecule has 0 saturated carbocycles. The molecule has 0 saturated heterocycles. The highest BCUT2D eigenvalue weighted by molar-refractivity contribution is 5.85. The molecule has 0 bridgehead atoms. The summed E-state index contributed by atoms with van der Waals surface area (Å²) in [5.74, 6) is -0.538. The van der Waals surface area contributed by atoms with Crippen LogP contribution in [0.2, 0.25) is 0 Å². The van der Waals surface area contributed by atoms with E-state index in [1.54, 1.807) is 54.9 Å². The van der Waals surface area contributed by atoms with Gasteiger partial charge < -0.3 is 4.74 Å². The third kappa shape index (κ3) is 3.48. The van der Waals surface area contributed by atoms with Crippen molar-refractivity contribution < 1.29 is 13.5 Å². The van der Waals surface area contributed by atoms with Crippen LogP contribution in [0.3, 0.4) is 0 Å². The maximum atomic E-state index is 14.7. The molecule has 31 heavy (non-hydrogen) atoms. The molecule has 0 N–H and O–H groups in total. The first kappa shape index (κ1) is 18.8. The summed E-state index contributed by atoms with van der Waals surface area (Å²) in [5.41, 5.74) is 2.20. The van der Waals surface area contributed by atoms with Crippen molar-refractivity contribution in [3.63, 3.8) is 0 Å². The van der Waals surface area contributed by atoms with E-state index in [1.165, 1.54) is 22.8 Å². The summed E-state index contributed by atoms with van der Waals surface area (Å²) in [6, 6.07) is 16.2. The molecular weight excluding hydrogens is 400 g/mol. The zero-order chi connectivity index (χ0) is 21.2. The normalized spacial score (nSPS) is 11.0. The molecule has 6 nitrogen and oxygen atoms in total. The number of ether oxygens (including phenoxy) is 1. The lowest BCUT2D eigenvalue weighted by Crippen LogP contribution is -2.01. The van der Waals surface area contributed by atoms with Gasteiger partial charge in [0.15, 0.2) is 5.82 Å². The van der Waals surface area contributed by atoms with Gasteiger partial charge in [-0.25, -0.2) is 13.3 Å². The van der Waals surface area contributed by atoms with Gasteiger partial charge in [0.2, 0.25) is 5.88 Å². The van der Waals surface area contributed by atoms with Crippen molar-refractivity contribution in [2.45, 2.75) is 6.61 Å². The Morgan fingerprint density at radius 2 is 1.58 bits per heavy atom. The molecule has 0 fully saturated rings. The molecule has 5 aromatic rings. The topological polar surface area (TPSA) is 65.2 Å². The SMILES string of the molecule is Fc1ccccc1-c1c(OCc2cccnc2)nn2c(-c3ccccc3F)nncc12. The molecule has 0 atom stereocenters. The van der Waals surface area contributed by atoms with Gasteiger partial charge in [-0.2, -0.15) is 5.10 Å². The molecule has 0 aliphatic carbocycles. The van der Waals surface area contributed by atoms with E-state index in [0.29, 0.717) is 16.6 Å². The Balaban J connectivity index is 1.71. The van der Waals surface area contributed by atoms with E-state index in [0.717, 1.165) is 5.56 Å². The van der Waals surface area contributed by atoms with E-state index >= 15 is 0 Å². The van der Waals surface area contributed by atoms with Crippen LogP contribution in [0.4, 0.5) is 8.78 Å². The lowest BCUT2D eigenvalue weighted by molar-refractivity contribution is 0.293. The highest BCUT2D eigenvalue weighted by Gasteiger charge is 2.22. The Morgan fingerprint density at radius 1 is 0.839 bits per heavy atom. The van der Waals surface area contributed by atoms with Crippen molar-refractivity contribution in [3.8, 4) is 28.4 Å². The number of halogens is 2. The molecule has 152 valence electrons. The first-order valence-electron chi connectivity index (χ1n) is 9.48. The van der Waals surface area contributed by atoms with Crippen LogP contribution in [0, 0.1) is 11.6 Å². The van der Waals surface area contributed by atoms with Crippen LogP contribution >= 0.6 is 0 Å². The number of aromatic nitrogens is 5. The van der Waals surface area contributed by atoms with E-state index < -0.39 is 11.6 Å². The van der Waals surface area contributed by atoms with E-state index in [4.69, 9.17) is 4.74 Å². The average molecular weight is 415 g/mol. The van der Waals surface area contributed by atoms with Gasteiger partial charge in [0.25, 0.3) is 0 Å². The minimum atomic E-state index is -0.468. The Bertz CT molecular complexity index is 1370. The van der Waals surface area contributed by atoms with Crippen LogP contribution in [0.25, 0.3) is 28.0 Å². The van der Waals surface area contributed by atoms with Crippen LogP contribution in [0.5, 0.6) is 5.88 Å². The first-order chi connectivity index (χ1) is 15.2. The van der Waals surface area contributed by atoms with Crippen LogP contribution in [0.15, 0.2) is 79.3 Å². The molecule has 0 aliphatic heterocycles. The van der Waals surface area contributed by atoms with Crippen molar-refractivity contribution in [2.75, 3.05) is 0 Å². The van der Waals surface area contributed by atoms with E-state index in [1.807, 2.05) is 6.07 Å². The lowest BCUT2D eigenvalue weighted by atomic mass is 10.1. The summed E-state index contributed by atoms with van der Waals surface area (Å²) in [6.07, 6.45) is 4.79. The summed E-state index contributed by atoms with van der Waals surface area (Å²) < 4.78 is 36.5. The summed E-state index contributed by atoms with van der Waals surface area (Å²) >= 11 is 0. The van der Waals surface area contributed by atoms with E-state index in [9.17, 15) is 8.78 Å². The van der Waals surface area contributed by atoms with Crippen molar-refractivity contribution in [1.29, 1.82) is 0 Å². The van der Waals surface area contributed by atoms with Gasteiger partial charge in [-0.1, -0.05) is 36.4 Å². The summed E-state index contributed by atoms with van der Waals surface area (Å²) in [7, 11) is 0. The quantitative estimate of drug-likeness (QED) is 0.416. The van der Waals surface area contributed by atoms with Gasteiger partial charge in [0.1, 0.15) is 23.8 Å². The number of hydrogen-bond acceptors (Lipinski definition) is 5. The van der Waals surface area contributed by atoms with Crippen molar-refractivity contribution in [3.05, 3.63) is 96.5 Å². The van der Waals surface area contributed by atoms with Crippen LogP contribution < -0.4 is 4.74 Å². The van der Waals surface area contributed by atoms with Crippen molar-refractivity contribution in [2.24, 2.45) is 0 Å². The van der Waals surface area contributed by atoms with Crippen LogP contribution in [-0.2, 0) is 6.61 Å². The molecule has 0 aliphatic rings. The third-order valence-corrected chi connectivity index (χ3v) is 4.78. The summed E-state index contributed by atoms with van der Waals surface area (Å²) in [5, 5.41) is 12.6. The zero-order valence-corrected chi connectivity index (χ0v) is 16.1. The maximum absolute atomic E-state index is 14.7. The molecule has 2 aromatic carbocycles. The molecule has 0 radical (unpaired) electrons. The maximum Gasteiger partial charge on any atom is 0.242 e. The molecule has 3 aromatic heterocycles. The van der Waals surface area contributed by atoms with Gasteiger partial charge >= 0.3 is 0 Å². The highest BCUT2D eigenvalue weighted by atomic mass is 19.1. The fourth-order valence-corrected chi connectivity index (χ4v) is 3.34. The summed E-state index contributed by atoms with van der Waals surface area (Å²) in [6.45, 7) is 0.176. The Kier molecular flexibility index (Phi) is 4.80. The Morgan fingerprint density at radius 3 is 2.29 bits per heavy atom. The largest absolute Gasteiger partial charge is 0.471 e. The minimum absolute atomic E-state index is 0.176. The minimum Gasteiger partial charge on any atom is -0.471 e. The number of pyridine rings is 1. The average Bonchev–Trinajstić information content (AvgIpc) is 3.17. The second-order valence-corrected chi connectivity index (χ2v) is 6.76. The molecule has 0 spiro atoms. The Labute approximate surface area is 175 Å². The van der Waals surface area contributed by atoms with Gasteiger partial charge in [0.05, 0.1) is 17.3 Å². The third-order valence-electron chi connectivity index (χ3n) is 4.78. The highest BCUT2D eigenvalue weighted by Crippen LogP contribution is 2.37. The number of nitrogens with zero attached hydrogens (tertiary/aromatic N) is 5. The second kappa shape index (κ2) is 7.91. The number of fused-ring (bicyclic) bond motifs is 1. The van der Waals surface area contributed by atoms with Gasteiger partial charge in [-0.3, -0.25) is 4.98 Å². The van der Waals surface area contributed by atoms with Crippen LogP contribution in [0.1, 0.15) is 5.56 Å². The number of benzene rings is 2. The lowest BCUT2D eigenvalue weighted by Gasteiger charge is -2.07. The smallest absolute Gasteiger partial charge is 0.242 e. The second-order valence-electron chi connectivity index (χ2n) is 6.76. The zero-order valence-electron chi connectivity index (χ0n) is 16.1. The fraction of sp³-hybridized carbons (Fsp3) is 0.0435. The number of rotatable bonds is 5. The van der Waals surface area contributed by atoms with Gasteiger partial charge in [-0.05, 0) is 24.3 Å². The number of hydrogen-bond donors (Lipinski definition) is 0. The van der Waals surface area contributed by atoms with Crippen LogP contribution in [-0.4, -0.2) is 24.8 Å². The first-order valence-corrected chi connectivity index (χ1v) is 9.48. The predicted molar refractivity (Wildman–Crippen MR) is 110 cm³/mol. The molecule has 0 amide bonds. The monoisotopic (exact) mass is 415 g/mol. The van der Waals surface area contributed by atoms with Gasteiger partial charge in [-0.15, -0.1) is 10.2 Å². The molecule has 5 rings (SSSR count). The fourth-order valence-electron chi connectivity index (χ4n) is 3.34. The van der Waals surface area contributed by atoms with Crippen molar-refractivity contribution >= 4 is 5.52 Å². The van der Waals surface area contributed by atoms with E-state index in [-0.39, 0.29) is 23.9 Å². The Hall–Kier alpha value is -4.20. The summed E-state index contributed by atoms with van der Waals surface area (Å²) in [4.78, 5) is 4.07. The predicted octanol–water partition coefficient (Wildman–Crippen LogP) is 4.71. The molecule has 8 heteroatoms. The molecule has 3 heterocycles. The molecular formula is C23H15F2N5O. The standard InChI is InChI=1S/C23H15F2N5O/c24-18-9-3-1-7-16(18)21-20-13-27-28-22(17-8-2-4-10-19(17)25)30(20)29-23(21)31-14-15-6-5-11-26-12-15/h1-13H,14H2. The van der Waals surface area contributed by atoms with Crippen molar-refractivity contribution in [1.82, 2.24) is 24.8 Å². The van der Waals surface area contributed by atoms with Gasteiger partial charge in [0, 0.05) is 23.5 Å². The molecule has 0 unspecified atom stereocenters. The van der Waals surface area contributed by atoms with E-state index in [2.05, 4.69) is 20.3 Å².